The van der Waals surface area contributed by atoms with Crippen LogP contribution >= 0.6 is 34.8 Å². The second-order valence-electron chi connectivity index (χ2n) is 2.02. The van der Waals surface area contributed by atoms with Crippen molar-refractivity contribution < 1.29 is 10.0 Å². The van der Waals surface area contributed by atoms with Crippen molar-refractivity contribution in [1.29, 1.82) is 0 Å². The van der Waals surface area contributed by atoms with Gasteiger partial charge in [0.15, 0.2) is 4.30 Å². The molecule has 0 radical (unpaired) electrons. The first-order valence-corrected chi connectivity index (χ1v) is 4.60. The van der Waals surface area contributed by atoms with E-state index in [0.29, 0.717) is 0 Å². The topological polar surface area (TPSA) is 63.4 Å². The lowest BCUT2D eigenvalue weighted by atomic mass is 10.3. The maximum absolute atomic E-state index is 10.0. The van der Waals surface area contributed by atoms with Crippen LogP contribution in [-0.2, 0) is 0 Å². The molecular weight excluding hydrogens is 252 g/mol. The largest absolute Gasteiger partial charge is 0.508 e. The van der Waals surface area contributed by atoms with Gasteiger partial charge in [0, 0.05) is 12.1 Å². The minimum atomic E-state index is -0.750. The fraction of sp³-hybridized carbons (Fsp3) is 0.143. The Balaban J connectivity index is 0.000000364. The number of phenolic OH excluding ortho intramolecular Hbond substituents is 1. The molecule has 0 amide bonds. The van der Waals surface area contributed by atoms with Crippen LogP contribution in [0.1, 0.15) is 0 Å². The molecule has 1 aromatic rings. The number of nitrogens with zero attached hydrogens (tertiary/aromatic N) is 1. The van der Waals surface area contributed by atoms with Crippen LogP contribution in [0.5, 0.6) is 5.75 Å². The number of non-ortho nitro benzene ring substituents is 1. The van der Waals surface area contributed by atoms with Crippen molar-refractivity contribution in [3.8, 4) is 5.75 Å². The van der Waals surface area contributed by atoms with Crippen LogP contribution in [0.25, 0.3) is 0 Å². The number of hydrogen-bond acceptors (Lipinski definition) is 3. The number of halogens is 3. The molecule has 78 valence electrons. The molecule has 0 bridgehead atoms. The minimum Gasteiger partial charge on any atom is -0.508 e. The van der Waals surface area contributed by atoms with E-state index in [9.17, 15) is 10.1 Å². The zero-order valence-electron chi connectivity index (χ0n) is 6.73. The van der Waals surface area contributed by atoms with Gasteiger partial charge < -0.3 is 5.11 Å². The van der Waals surface area contributed by atoms with Crippen molar-refractivity contribution in [1.82, 2.24) is 0 Å². The molecule has 1 N–H and O–H groups in total. The molecule has 0 aliphatic heterocycles. The zero-order valence-corrected chi connectivity index (χ0v) is 9.00. The number of phenols is 1. The smallest absolute Gasteiger partial charge is 0.269 e. The number of aromatic hydroxyl groups is 1. The molecule has 0 fully saturated rings. The summed E-state index contributed by atoms with van der Waals surface area (Å²) in [6.07, 6.45) is 0. The number of benzene rings is 1. The molecule has 0 heterocycles. The van der Waals surface area contributed by atoms with Crippen molar-refractivity contribution in [2.75, 3.05) is 0 Å². The molecule has 4 nitrogen and oxygen atoms in total. The van der Waals surface area contributed by atoms with Crippen LogP contribution in [0.2, 0.25) is 0 Å². The SMILES string of the molecule is ClC(Cl)Cl.O=[N+]([O-])c1ccc(O)cc1. The fourth-order valence-electron chi connectivity index (χ4n) is 0.574. The first-order valence-electron chi connectivity index (χ1n) is 3.29. The standard InChI is InChI=1S/C6H5NO3.CHCl3/c8-6-3-1-5(2-4-6)7(9)10;2-1(3)4/h1-4,8H;1H. The van der Waals surface area contributed by atoms with E-state index in [1.54, 1.807) is 0 Å². The molecule has 0 saturated heterocycles. The van der Waals surface area contributed by atoms with E-state index in [2.05, 4.69) is 0 Å². The summed E-state index contributed by atoms with van der Waals surface area (Å²) in [5, 5.41) is 18.8. The predicted molar refractivity (Wildman–Crippen MR) is 56.1 cm³/mol. The molecule has 0 aromatic heterocycles. The summed E-state index contributed by atoms with van der Waals surface area (Å²) in [7, 11) is 0. The third-order valence-corrected chi connectivity index (χ3v) is 1.06. The van der Waals surface area contributed by atoms with Gasteiger partial charge in [-0.3, -0.25) is 10.1 Å². The van der Waals surface area contributed by atoms with E-state index in [1.165, 1.54) is 24.3 Å². The van der Waals surface area contributed by atoms with Gasteiger partial charge >= 0.3 is 0 Å². The monoisotopic (exact) mass is 257 g/mol. The molecule has 0 aliphatic rings. The van der Waals surface area contributed by atoms with Crippen LogP contribution in [0.4, 0.5) is 5.69 Å². The molecule has 0 saturated carbocycles. The van der Waals surface area contributed by atoms with Gasteiger partial charge in [-0.15, -0.1) is 0 Å². The molecule has 0 aliphatic carbocycles. The Morgan fingerprint density at radius 1 is 1.21 bits per heavy atom. The molecule has 1 aromatic carbocycles. The van der Waals surface area contributed by atoms with Crippen molar-refractivity contribution in [2.24, 2.45) is 0 Å². The van der Waals surface area contributed by atoms with E-state index in [0.717, 1.165) is 0 Å². The van der Waals surface area contributed by atoms with E-state index in [-0.39, 0.29) is 11.4 Å². The summed E-state index contributed by atoms with van der Waals surface area (Å²) in [4.78, 5) is 9.52. The average molecular weight is 258 g/mol. The number of hydrogen-bond donors (Lipinski definition) is 1. The van der Waals surface area contributed by atoms with Gasteiger partial charge in [0.25, 0.3) is 5.69 Å². The Hall–Kier alpha value is -0.710. The second kappa shape index (κ2) is 6.70. The number of alkyl halides is 3. The van der Waals surface area contributed by atoms with Gasteiger partial charge in [-0.05, 0) is 12.1 Å². The Morgan fingerprint density at radius 3 is 1.86 bits per heavy atom. The number of nitro benzene ring substituents is 1. The summed E-state index contributed by atoms with van der Waals surface area (Å²) in [5.74, 6) is 0.0330. The van der Waals surface area contributed by atoms with Crippen LogP contribution in [0.15, 0.2) is 24.3 Å². The number of rotatable bonds is 1. The molecular formula is C7H6Cl3NO3. The third-order valence-electron chi connectivity index (χ3n) is 1.06. The van der Waals surface area contributed by atoms with Crippen molar-refractivity contribution in [3.63, 3.8) is 0 Å². The molecule has 0 unspecified atom stereocenters. The zero-order chi connectivity index (χ0) is 11.1. The molecule has 14 heavy (non-hydrogen) atoms. The van der Waals surface area contributed by atoms with Gasteiger partial charge in [0.1, 0.15) is 5.75 Å². The van der Waals surface area contributed by atoms with Gasteiger partial charge in [0.2, 0.25) is 0 Å². The van der Waals surface area contributed by atoms with E-state index < -0.39 is 9.22 Å². The van der Waals surface area contributed by atoms with Gasteiger partial charge in [-0.2, -0.15) is 0 Å². The first-order chi connectivity index (χ1) is 6.43. The highest BCUT2D eigenvalue weighted by Crippen LogP contribution is 2.14. The highest BCUT2D eigenvalue weighted by atomic mass is 35.6. The quantitative estimate of drug-likeness (QED) is 0.477. The van der Waals surface area contributed by atoms with Gasteiger partial charge in [-0.1, -0.05) is 34.8 Å². The van der Waals surface area contributed by atoms with Crippen molar-refractivity contribution in [3.05, 3.63) is 34.4 Å². The Morgan fingerprint density at radius 2 is 1.57 bits per heavy atom. The van der Waals surface area contributed by atoms with Gasteiger partial charge in [-0.25, -0.2) is 0 Å². The maximum Gasteiger partial charge on any atom is 0.269 e. The van der Waals surface area contributed by atoms with Crippen LogP contribution < -0.4 is 0 Å². The third kappa shape index (κ3) is 6.77. The predicted octanol–water partition coefficient (Wildman–Crippen LogP) is 3.29. The Kier molecular flexibility index (Phi) is 6.36. The van der Waals surface area contributed by atoms with E-state index >= 15 is 0 Å². The first kappa shape index (κ1) is 13.3. The lowest BCUT2D eigenvalue weighted by Gasteiger charge is -1.89. The van der Waals surface area contributed by atoms with E-state index in [1.807, 2.05) is 0 Å². The van der Waals surface area contributed by atoms with Crippen molar-refractivity contribution in [2.45, 2.75) is 4.30 Å². The molecule has 0 spiro atoms. The summed E-state index contributed by atoms with van der Waals surface area (Å²) in [6.45, 7) is 0. The van der Waals surface area contributed by atoms with Crippen LogP contribution in [0, 0.1) is 10.1 Å². The van der Waals surface area contributed by atoms with Crippen LogP contribution in [0.3, 0.4) is 0 Å². The minimum absolute atomic E-state index is 0.0159. The fourth-order valence-corrected chi connectivity index (χ4v) is 0.574. The number of nitro groups is 1. The van der Waals surface area contributed by atoms with Crippen molar-refractivity contribution >= 4 is 40.5 Å². The summed E-state index contributed by atoms with van der Waals surface area (Å²) in [5.41, 5.74) is -0.0159. The maximum atomic E-state index is 10.0. The normalized spacial score (nSPS) is 9.14. The lowest BCUT2D eigenvalue weighted by Crippen LogP contribution is -1.85. The summed E-state index contributed by atoms with van der Waals surface area (Å²) >= 11 is 14.4. The Labute approximate surface area is 95.2 Å². The summed E-state index contributed by atoms with van der Waals surface area (Å²) in [6, 6.07) is 5.04. The van der Waals surface area contributed by atoms with Crippen LogP contribution in [-0.4, -0.2) is 14.3 Å². The summed E-state index contributed by atoms with van der Waals surface area (Å²) < 4.78 is -0.750. The average Bonchev–Trinajstić information content (AvgIpc) is 2.03. The molecule has 1 rings (SSSR count). The van der Waals surface area contributed by atoms with E-state index in [4.69, 9.17) is 39.9 Å². The molecule has 7 heteroatoms. The second-order valence-corrected chi connectivity index (χ2v) is 4.00. The lowest BCUT2D eigenvalue weighted by molar-refractivity contribution is -0.384. The van der Waals surface area contributed by atoms with Gasteiger partial charge in [0.05, 0.1) is 4.92 Å². The Bertz CT molecular complexity index is 286. The molecule has 0 atom stereocenters. The highest BCUT2D eigenvalue weighted by molar-refractivity contribution is 6.63. The highest BCUT2D eigenvalue weighted by Gasteiger charge is 2.01.